The average Bonchev–Trinajstić information content (AvgIpc) is 2.60. The van der Waals surface area contributed by atoms with E-state index in [1.807, 2.05) is 51.1 Å². The highest BCUT2D eigenvalue weighted by Gasteiger charge is 2.34. The van der Waals surface area contributed by atoms with Crippen LogP contribution in [0.3, 0.4) is 0 Å². The van der Waals surface area contributed by atoms with Gasteiger partial charge in [-0.1, -0.05) is 30.3 Å². The Labute approximate surface area is 141 Å². The minimum absolute atomic E-state index is 0.0794. The molecule has 0 aliphatic carbocycles. The molecule has 1 heterocycles. The lowest BCUT2D eigenvalue weighted by Crippen LogP contribution is -2.48. The number of amides is 1. The predicted octanol–water partition coefficient (Wildman–Crippen LogP) is 1.97. The number of carbonyl (C=O) groups is 2. The molecule has 1 aliphatic heterocycles. The Balaban J connectivity index is 2.24. The van der Waals surface area contributed by atoms with Crippen molar-refractivity contribution in [1.82, 2.24) is 4.90 Å². The van der Waals surface area contributed by atoms with Gasteiger partial charge in [0, 0.05) is 11.5 Å². The van der Waals surface area contributed by atoms with Gasteiger partial charge in [-0.2, -0.15) is 11.8 Å². The van der Waals surface area contributed by atoms with Crippen LogP contribution in [0.5, 0.6) is 0 Å². The molecule has 1 aromatic rings. The minimum Gasteiger partial charge on any atom is -0.459 e. The molecule has 1 aliphatic rings. The Morgan fingerprint density at radius 1 is 1.30 bits per heavy atom. The summed E-state index contributed by atoms with van der Waals surface area (Å²) in [7, 11) is 0. The van der Waals surface area contributed by atoms with E-state index in [2.05, 4.69) is 0 Å². The number of hydrogen-bond acceptors (Lipinski definition) is 5. The largest absolute Gasteiger partial charge is 0.459 e. The summed E-state index contributed by atoms with van der Waals surface area (Å²) >= 11 is 1.63. The zero-order valence-corrected chi connectivity index (χ0v) is 14.6. The highest BCUT2D eigenvalue weighted by molar-refractivity contribution is 7.99. The van der Waals surface area contributed by atoms with E-state index < -0.39 is 17.6 Å². The second-order valence-electron chi connectivity index (χ2n) is 6.62. The third-order valence-corrected chi connectivity index (χ3v) is 4.60. The topological polar surface area (TPSA) is 72.6 Å². The molecule has 2 N–H and O–H groups in total. The molecule has 0 aromatic heterocycles. The van der Waals surface area contributed by atoms with Crippen molar-refractivity contribution in [2.24, 2.45) is 5.73 Å². The molecule has 6 heteroatoms. The smallest absolute Gasteiger partial charge is 0.326 e. The van der Waals surface area contributed by atoms with Crippen LogP contribution < -0.4 is 5.73 Å². The van der Waals surface area contributed by atoms with Crippen LogP contribution in [0, 0.1) is 0 Å². The lowest BCUT2D eigenvalue weighted by atomic mass is 10.1. The first-order valence-corrected chi connectivity index (χ1v) is 8.84. The number of nitrogens with two attached hydrogens (primary N) is 1. The van der Waals surface area contributed by atoms with Crippen LogP contribution in [-0.2, 0) is 14.3 Å². The zero-order valence-electron chi connectivity index (χ0n) is 13.8. The molecule has 0 saturated carbocycles. The fourth-order valence-electron chi connectivity index (χ4n) is 2.49. The Hall–Kier alpha value is -1.53. The molecule has 5 nitrogen and oxygen atoms in total. The molecule has 1 aromatic carbocycles. The van der Waals surface area contributed by atoms with Gasteiger partial charge in [0.2, 0.25) is 5.91 Å². The van der Waals surface area contributed by atoms with Crippen LogP contribution >= 0.6 is 11.8 Å². The molecule has 1 amide bonds. The minimum atomic E-state index is -0.587. The van der Waals surface area contributed by atoms with Crippen LogP contribution in [0.4, 0.5) is 0 Å². The summed E-state index contributed by atoms with van der Waals surface area (Å²) < 4.78 is 5.37. The second kappa shape index (κ2) is 7.36. The number of benzene rings is 1. The normalized spacial score (nSPS) is 22.6. The molecule has 126 valence electrons. The first-order chi connectivity index (χ1) is 10.8. The number of carbonyl (C=O) groups excluding carboxylic acids is 2. The van der Waals surface area contributed by atoms with Gasteiger partial charge in [-0.25, -0.2) is 0 Å². The van der Waals surface area contributed by atoms with Gasteiger partial charge in [-0.3, -0.25) is 9.59 Å². The summed E-state index contributed by atoms with van der Waals surface area (Å²) in [5.41, 5.74) is 6.38. The molecule has 2 atom stereocenters. The Bertz CT molecular complexity index is 557. The van der Waals surface area contributed by atoms with E-state index >= 15 is 0 Å². The average molecular weight is 336 g/mol. The summed E-state index contributed by atoms with van der Waals surface area (Å²) in [5.74, 6) is 0.666. The second-order valence-corrected chi connectivity index (χ2v) is 7.70. The molecular weight excluding hydrogens is 312 g/mol. The Kier molecular flexibility index (Phi) is 5.70. The SMILES string of the molecule is CC(C)(C)OC(=O)CN1C(=O)C(N)CSCC1c1ccccc1. The van der Waals surface area contributed by atoms with Crippen LogP contribution in [0.2, 0.25) is 0 Å². The van der Waals surface area contributed by atoms with E-state index in [0.717, 1.165) is 5.56 Å². The first kappa shape index (κ1) is 17.8. The van der Waals surface area contributed by atoms with Gasteiger partial charge in [0.25, 0.3) is 0 Å². The van der Waals surface area contributed by atoms with Gasteiger partial charge in [0.1, 0.15) is 12.1 Å². The molecule has 0 radical (unpaired) electrons. The number of esters is 1. The third kappa shape index (κ3) is 4.97. The first-order valence-electron chi connectivity index (χ1n) is 7.68. The van der Waals surface area contributed by atoms with Gasteiger partial charge in [-0.05, 0) is 26.3 Å². The fourth-order valence-corrected chi connectivity index (χ4v) is 3.62. The lowest BCUT2D eigenvalue weighted by Gasteiger charge is -2.31. The molecule has 1 fully saturated rings. The van der Waals surface area contributed by atoms with Crippen molar-refractivity contribution < 1.29 is 14.3 Å². The van der Waals surface area contributed by atoms with Crippen LogP contribution in [-0.4, -0.2) is 46.5 Å². The number of rotatable bonds is 3. The third-order valence-electron chi connectivity index (χ3n) is 3.45. The van der Waals surface area contributed by atoms with Gasteiger partial charge in [0.05, 0.1) is 12.1 Å². The number of hydrogen-bond donors (Lipinski definition) is 1. The van der Waals surface area contributed by atoms with E-state index in [4.69, 9.17) is 10.5 Å². The number of thioether (sulfide) groups is 1. The molecule has 1 saturated heterocycles. The molecule has 0 bridgehead atoms. The maximum Gasteiger partial charge on any atom is 0.326 e. The maximum absolute atomic E-state index is 12.6. The maximum atomic E-state index is 12.6. The highest BCUT2D eigenvalue weighted by Crippen LogP contribution is 2.29. The van der Waals surface area contributed by atoms with E-state index in [1.54, 1.807) is 16.7 Å². The van der Waals surface area contributed by atoms with Crippen molar-refractivity contribution in [1.29, 1.82) is 0 Å². The summed E-state index contributed by atoms with van der Waals surface area (Å²) in [6.07, 6.45) is 0. The summed E-state index contributed by atoms with van der Waals surface area (Å²) in [6.45, 7) is 5.35. The van der Waals surface area contributed by atoms with Crippen molar-refractivity contribution in [3.8, 4) is 0 Å². The van der Waals surface area contributed by atoms with Crippen molar-refractivity contribution in [2.45, 2.75) is 38.5 Å². The standard InChI is InChI=1S/C17H24N2O3S/c1-17(2,3)22-15(20)9-19-14(12-7-5-4-6-8-12)11-23-10-13(18)16(19)21/h4-8,13-14H,9-11,18H2,1-3H3. The van der Waals surface area contributed by atoms with E-state index in [1.165, 1.54) is 0 Å². The van der Waals surface area contributed by atoms with Crippen molar-refractivity contribution in [3.05, 3.63) is 35.9 Å². The monoisotopic (exact) mass is 336 g/mol. The van der Waals surface area contributed by atoms with Crippen LogP contribution in [0.15, 0.2) is 30.3 Å². The van der Waals surface area contributed by atoms with Gasteiger partial charge < -0.3 is 15.4 Å². The van der Waals surface area contributed by atoms with Gasteiger partial charge >= 0.3 is 5.97 Å². The predicted molar refractivity (Wildman–Crippen MR) is 92.0 cm³/mol. The summed E-state index contributed by atoms with van der Waals surface area (Å²) in [6, 6.07) is 8.97. The zero-order chi connectivity index (χ0) is 17.0. The molecular formula is C17H24N2O3S. The number of ether oxygens (including phenoxy) is 1. The van der Waals surface area contributed by atoms with E-state index in [9.17, 15) is 9.59 Å². The Morgan fingerprint density at radius 3 is 2.57 bits per heavy atom. The lowest BCUT2D eigenvalue weighted by molar-refractivity contribution is -0.160. The summed E-state index contributed by atoms with van der Waals surface area (Å²) in [4.78, 5) is 26.4. The van der Waals surface area contributed by atoms with Crippen LogP contribution in [0.25, 0.3) is 0 Å². The quantitative estimate of drug-likeness (QED) is 0.855. The highest BCUT2D eigenvalue weighted by atomic mass is 32.2. The van der Waals surface area contributed by atoms with E-state index in [-0.39, 0.29) is 18.5 Å². The van der Waals surface area contributed by atoms with Crippen molar-refractivity contribution in [3.63, 3.8) is 0 Å². The molecule has 23 heavy (non-hydrogen) atoms. The molecule has 2 rings (SSSR count). The number of nitrogens with zero attached hydrogens (tertiary/aromatic N) is 1. The Morgan fingerprint density at radius 2 is 1.96 bits per heavy atom. The molecule has 0 spiro atoms. The summed E-state index contributed by atoms with van der Waals surface area (Å²) in [5, 5.41) is 0. The van der Waals surface area contributed by atoms with Gasteiger partial charge in [0.15, 0.2) is 0 Å². The van der Waals surface area contributed by atoms with Gasteiger partial charge in [-0.15, -0.1) is 0 Å². The van der Waals surface area contributed by atoms with E-state index in [0.29, 0.717) is 11.5 Å². The van der Waals surface area contributed by atoms with Crippen molar-refractivity contribution >= 4 is 23.6 Å². The molecule has 2 unspecified atom stereocenters. The fraction of sp³-hybridized carbons (Fsp3) is 0.529. The van der Waals surface area contributed by atoms with Crippen LogP contribution in [0.1, 0.15) is 32.4 Å². The van der Waals surface area contributed by atoms with Crippen molar-refractivity contribution in [2.75, 3.05) is 18.1 Å².